The number of amides is 1. The van der Waals surface area contributed by atoms with Gasteiger partial charge in [-0.2, -0.15) is 5.26 Å². The van der Waals surface area contributed by atoms with Gasteiger partial charge in [0.1, 0.15) is 16.9 Å². The van der Waals surface area contributed by atoms with Crippen LogP contribution in [-0.2, 0) is 19.5 Å². The second-order valence-electron chi connectivity index (χ2n) is 13.7. The Bertz CT molecular complexity index is 2330. The van der Waals surface area contributed by atoms with Crippen molar-refractivity contribution in [2.45, 2.75) is 57.3 Å². The fraction of sp³-hybridized carbons (Fsp3) is 0.300. The van der Waals surface area contributed by atoms with Gasteiger partial charge in [0.2, 0.25) is 0 Å². The van der Waals surface area contributed by atoms with Crippen molar-refractivity contribution in [3.8, 4) is 34.5 Å². The molecule has 2 aliphatic heterocycles. The van der Waals surface area contributed by atoms with Crippen molar-refractivity contribution in [2.75, 3.05) is 13.7 Å². The highest BCUT2D eigenvalue weighted by molar-refractivity contribution is 6.00. The number of likely N-dealkylation sites (tertiary alicyclic amines) is 1. The summed E-state index contributed by atoms with van der Waals surface area (Å²) >= 11 is 0. The fourth-order valence-electron chi connectivity index (χ4n) is 8.60. The number of methoxy groups -OCH3 is 1. The van der Waals surface area contributed by atoms with E-state index in [9.17, 15) is 10.1 Å². The third-order valence-corrected chi connectivity index (χ3v) is 10.9. The number of hydrogen-bond donors (Lipinski definition) is 1. The van der Waals surface area contributed by atoms with E-state index < -0.39 is 0 Å². The maximum Gasteiger partial charge on any atom is 0.254 e. The Morgan fingerprint density at radius 3 is 2.73 bits per heavy atom. The Labute approximate surface area is 284 Å². The second kappa shape index (κ2) is 11.6. The summed E-state index contributed by atoms with van der Waals surface area (Å²) in [6.45, 7) is 1.92. The third-order valence-electron chi connectivity index (χ3n) is 10.9. The molecule has 2 fully saturated rings. The normalized spacial score (nSPS) is 20.0. The highest BCUT2D eigenvalue weighted by Crippen LogP contribution is 2.40. The summed E-state index contributed by atoms with van der Waals surface area (Å²) in [7, 11) is 1.64. The summed E-state index contributed by atoms with van der Waals surface area (Å²) in [6.07, 6.45) is 6.74. The minimum absolute atomic E-state index is 0.0271. The molecular formula is C40H37N7O2. The van der Waals surface area contributed by atoms with Crippen molar-refractivity contribution in [3.63, 3.8) is 0 Å². The van der Waals surface area contributed by atoms with Crippen molar-refractivity contribution in [3.05, 3.63) is 101 Å². The lowest BCUT2D eigenvalue weighted by atomic mass is 9.93. The lowest BCUT2D eigenvalue weighted by Crippen LogP contribution is -2.41. The van der Waals surface area contributed by atoms with E-state index in [-0.39, 0.29) is 18.0 Å². The number of benzene rings is 3. The van der Waals surface area contributed by atoms with Crippen LogP contribution >= 0.6 is 0 Å². The first-order valence-electron chi connectivity index (χ1n) is 17.2. The number of pyridine rings is 1. The standard InChI is InChI=1S/C40H37N7O2/c1-49-35-20-30(40(48)46-23-28-11-12-33(46)36(28)42)18-32-37(35)47-22-25-15-24(21-41)16-29(17-25)31-10-3-2-7-26(31)8-4-5-14-45-34(39(47)44-32)19-27-9-6-13-43-38(27)45/h2-3,6-7,9-10,13,15-20,28,33,36H,4-5,8,11-12,14,22-23,42H2,1H3/t28?,33?,36-/m1/s1. The highest BCUT2D eigenvalue weighted by Gasteiger charge is 2.47. The van der Waals surface area contributed by atoms with E-state index in [1.165, 1.54) is 5.56 Å². The van der Waals surface area contributed by atoms with E-state index in [0.29, 0.717) is 41.4 Å². The van der Waals surface area contributed by atoms with Gasteiger partial charge in [-0.05, 0) is 109 Å². The minimum atomic E-state index is -0.0271. The van der Waals surface area contributed by atoms with E-state index in [4.69, 9.17) is 20.4 Å². The molecular weight excluding hydrogens is 610 g/mol. The number of imidazole rings is 1. The molecule has 3 aliphatic rings. The van der Waals surface area contributed by atoms with Gasteiger partial charge in [-0.15, -0.1) is 0 Å². The van der Waals surface area contributed by atoms with Crippen LogP contribution in [0.1, 0.15) is 52.7 Å². The average Bonchev–Trinajstić information content (AvgIpc) is 3.88. The van der Waals surface area contributed by atoms with Crippen LogP contribution in [0, 0.1) is 17.2 Å². The fourth-order valence-corrected chi connectivity index (χ4v) is 8.60. The van der Waals surface area contributed by atoms with Gasteiger partial charge in [0.15, 0.2) is 5.82 Å². The molecule has 1 aliphatic carbocycles. The Morgan fingerprint density at radius 2 is 1.92 bits per heavy atom. The first-order chi connectivity index (χ1) is 24.0. The van der Waals surface area contributed by atoms with E-state index in [2.05, 4.69) is 57.7 Å². The predicted molar refractivity (Wildman–Crippen MR) is 189 cm³/mol. The quantitative estimate of drug-likeness (QED) is 0.228. The largest absolute Gasteiger partial charge is 0.494 e. The smallest absolute Gasteiger partial charge is 0.254 e. The summed E-state index contributed by atoms with van der Waals surface area (Å²) in [5.41, 5.74) is 15.4. The number of nitrogens with two attached hydrogens (primary N) is 1. The van der Waals surface area contributed by atoms with Crippen molar-refractivity contribution in [1.82, 2.24) is 24.0 Å². The molecule has 9 rings (SSSR count). The number of fused-ring (bicyclic) bond motifs is 13. The molecule has 0 radical (unpaired) electrons. The lowest BCUT2D eigenvalue weighted by molar-refractivity contribution is 0.0700. The number of aryl methyl sites for hydroxylation is 2. The number of aromatic nitrogens is 4. The molecule has 5 heterocycles. The van der Waals surface area contributed by atoms with Crippen molar-refractivity contribution >= 4 is 28.0 Å². The maximum absolute atomic E-state index is 14.0. The molecule has 49 heavy (non-hydrogen) atoms. The number of ether oxygens (including phenoxy) is 1. The van der Waals surface area contributed by atoms with Crippen LogP contribution in [0.15, 0.2) is 79.0 Å². The highest BCUT2D eigenvalue weighted by atomic mass is 16.5. The van der Waals surface area contributed by atoms with Gasteiger partial charge >= 0.3 is 0 Å². The summed E-state index contributed by atoms with van der Waals surface area (Å²) in [5.74, 6) is 1.68. The molecule has 1 amide bonds. The molecule has 4 bridgehead atoms. The molecule has 0 spiro atoms. The zero-order valence-corrected chi connectivity index (χ0v) is 27.5. The summed E-state index contributed by atoms with van der Waals surface area (Å²) < 4.78 is 10.5. The molecule has 1 saturated carbocycles. The molecule has 2 unspecified atom stereocenters. The third kappa shape index (κ3) is 4.81. The minimum Gasteiger partial charge on any atom is -0.494 e. The zero-order chi connectivity index (χ0) is 33.2. The summed E-state index contributed by atoms with van der Waals surface area (Å²) in [6, 6.07) is 27.1. The van der Waals surface area contributed by atoms with Gasteiger partial charge in [0.05, 0.1) is 30.0 Å². The molecule has 9 heteroatoms. The van der Waals surface area contributed by atoms with Gasteiger partial charge < -0.3 is 24.5 Å². The number of nitriles is 1. The Morgan fingerprint density at radius 1 is 1.02 bits per heavy atom. The van der Waals surface area contributed by atoms with Gasteiger partial charge in [0.25, 0.3) is 5.91 Å². The number of hydrogen-bond acceptors (Lipinski definition) is 6. The first-order valence-corrected chi connectivity index (χ1v) is 17.2. The predicted octanol–water partition coefficient (Wildman–Crippen LogP) is 6.55. The number of carbonyl (C=O) groups is 1. The van der Waals surface area contributed by atoms with Crippen LogP contribution in [0.5, 0.6) is 5.75 Å². The molecule has 6 aromatic rings. The van der Waals surface area contributed by atoms with E-state index in [1.54, 1.807) is 7.11 Å². The van der Waals surface area contributed by atoms with Crippen LogP contribution in [0.25, 0.3) is 44.7 Å². The lowest BCUT2D eigenvalue weighted by Gasteiger charge is -2.27. The molecule has 3 aromatic carbocycles. The number of carbonyl (C=O) groups excluding carboxylic acids is 1. The summed E-state index contributed by atoms with van der Waals surface area (Å²) in [4.78, 5) is 26.1. The van der Waals surface area contributed by atoms with Crippen LogP contribution < -0.4 is 10.5 Å². The first kappa shape index (κ1) is 29.7. The van der Waals surface area contributed by atoms with Gasteiger partial charge in [-0.1, -0.05) is 24.3 Å². The van der Waals surface area contributed by atoms with Crippen molar-refractivity contribution < 1.29 is 9.53 Å². The second-order valence-corrected chi connectivity index (χ2v) is 13.7. The molecule has 244 valence electrons. The molecule has 9 nitrogen and oxygen atoms in total. The van der Waals surface area contributed by atoms with E-state index in [1.807, 2.05) is 41.4 Å². The Hall–Kier alpha value is -5.46. The van der Waals surface area contributed by atoms with Gasteiger partial charge in [0, 0.05) is 48.9 Å². The van der Waals surface area contributed by atoms with Gasteiger partial charge in [-0.25, -0.2) is 9.97 Å². The van der Waals surface area contributed by atoms with Crippen LogP contribution in [0.3, 0.4) is 0 Å². The topological polar surface area (TPSA) is 115 Å². The average molecular weight is 648 g/mol. The van der Waals surface area contributed by atoms with Crippen LogP contribution in [0.4, 0.5) is 0 Å². The Balaban J connectivity index is 1.27. The molecule has 1 saturated heterocycles. The van der Waals surface area contributed by atoms with Gasteiger partial charge in [-0.3, -0.25) is 4.79 Å². The SMILES string of the molecule is COc1cc(C(=O)N2CC3CCC2[C@@H]3N)cc2nc3n(c12)Cc1cc(C#N)cc(c1)-c1ccccc1CCCCn1c-3cc2cccnc21. The zero-order valence-electron chi connectivity index (χ0n) is 27.5. The Kier molecular flexibility index (Phi) is 7.02. The van der Waals surface area contributed by atoms with Crippen molar-refractivity contribution in [1.29, 1.82) is 5.26 Å². The number of piperidine rings is 1. The number of nitrogens with zero attached hydrogens (tertiary/aromatic N) is 6. The molecule has 3 atom stereocenters. The molecule has 3 aromatic heterocycles. The van der Waals surface area contributed by atoms with E-state index in [0.717, 1.165) is 83.4 Å². The number of rotatable bonds is 2. The molecule has 2 N–H and O–H groups in total. The van der Waals surface area contributed by atoms with Crippen LogP contribution in [-0.4, -0.2) is 55.6 Å². The monoisotopic (exact) mass is 647 g/mol. The maximum atomic E-state index is 14.0. The van der Waals surface area contributed by atoms with Crippen molar-refractivity contribution in [2.24, 2.45) is 11.7 Å². The summed E-state index contributed by atoms with van der Waals surface area (Å²) in [5, 5.41) is 11.2. The van der Waals surface area contributed by atoms with Crippen LogP contribution in [0.2, 0.25) is 0 Å². The van der Waals surface area contributed by atoms with E-state index >= 15 is 0 Å².